The predicted molar refractivity (Wildman–Crippen MR) is 164 cm³/mol. The molecule has 0 aliphatic heterocycles. The number of rotatable bonds is 10. The number of hydrogen-bond donors (Lipinski definition) is 2. The van der Waals surface area contributed by atoms with Crippen LogP contribution in [0.2, 0.25) is 0 Å². The van der Waals surface area contributed by atoms with Crippen molar-refractivity contribution in [3.63, 3.8) is 0 Å². The van der Waals surface area contributed by atoms with E-state index in [1.807, 2.05) is 72.8 Å². The first-order chi connectivity index (χ1) is 20.9. The number of nitrogens with one attached hydrogen (secondary N) is 2. The van der Waals surface area contributed by atoms with Crippen LogP contribution in [0.1, 0.15) is 47.9 Å². The fourth-order valence-electron chi connectivity index (χ4n) is 5.71. The number of fused-ring (bicyclic) bond motifs is 3. The lowest BCUT2D eigenvalue weighted by molar-refractivity contribution is -0.142. The van der Waals surface area contributed by atoms with Gasteiger partial charge in [0.15, 0.2) is 0 Å². The Balaban J connectivity index is 1.51. The summed E-state index contributed by atoms with van der Waals surface area (Å²) in [7, 11) is 2.59. The highest BCUT2D eigenvalue weighted by Gasteiger charge is 2.45. The summed E-state index contributed by atoms with van der Waals surface area (Å²) in [6.07, 6.45) is 0.0903. The molecule has 0 bridgehead atoms. The maximum absolute atomic E-state index is 12.4. The minimum atomic E-state index is -0.659. The van der Waals surface area contributed by atoms with Crippen molar-refractivity contribution in [2.75, 3.05) is 24.9 Å². The van der Waals surface area contributed by atoms with Gasteiger partial charge in [0, 0.05) is 24.2 Å². The quantitative estimate of drug-likeness (QED) is 0.202. The smallest absolute Gasteiger partial charge is 0.306 e. The number of carbonyl (C=O) groups excluding carboxylic acids is 4. The molecule has 0 spiro atoms. The molecule has 8 nitrogen and oxygen atoms in total. The molecule has 2 amide bonds. The van der Waals surface area contributed by atoms with Crippen LogP contribution in [0.15, 0.2) is 97.1 Å². The van der Waals surface area contributed by atoms with Crippen molar-refractivity contribution in [1.29, 1.82) is 0 Å². The fraction of sp³-hybridized carbons (Fsp3) is 0.200. The van der Waals surface area contributed by atoms with Crippen LogP contribution >= 0.6 is 0 Å². The SMILES string of the molecule is COC(=O)CCC(=O)Nc1ccc(C2(c3ccc(NC(=O)CCC(=O)OC)cc3)c3ccccc3-c3ccccc32)cc1. The number of methoxy groups -OCH3 is 2. The standard InChI is InChI=1S/C35H32N2O6/c1-42-33(40)21-19-31(38)36-25-15-11-23(12-16-25)35(29-9-5-3-7-27(29)28-8-4-6-10-30(28)35)24-13-17-26(18-14-24)37-32(39)20-22-34(41)43-2/h3-18H,19-22H2,1-2H3,(H,36,38)(H,37,39). The zero-order chi connectivity index (χ0) is 30.4. The second-order valence-corrected chi connectivity index (χ2v) is 10.2. The van der Waals surface area contributed by atoms with Crippen LogP contribution < -0.4 is 10.6 Å². The molecule has 0 atom stereocenters. The molecule has 0 unspecified atom stereocenters. The number of hydrogen-bond acceptors (Lipinski definition) is 6. The van der Waals surface area contributed by atoms with Crippen molar-refractivity contribution in [2.45, 2.75) is 31.1 Å². The molecule has 0 saturated carbocycles. The van der Waals surface area contributed by atoms with Crippen molar-refractivity contribution in [3.05, 3.63) is 119 Å². The van der Waals surface area contributed by atoms with E-state index < -0.39 is 17.4 Å². The van der Waals surface area contributed by atoms with Gasteiger partial charge < -0.3 is 20.1 Å². The second-order valence-electron chi connectivity index (χ2n) is 10.2. The van der Waals surface area contributed by atoms with Gasteiger partial charge >= 0.3 is 11.9 Å². The lowest BCUT2D eigenvalue weighted by Crippen LogP contribution is -2.28. The topological polar surface area (TPSA) is 111 Å². The van der Waals surface area contributed by atoms with E-state index in [2.05, 4.69) is 44.4 Å². The predicted octanol–water partition coefficient (Wildman–Crippen LogP) is 5.83. The summed E-state index contributed by atoms with van der Waals surface area (Å²) in [5.41, 5.74) is 7.13. The van der Waals surface area contributed by atoms with Crippen LogP contribution in [0.3, 0.4) is 0 Å². The summed E-state index contributed by atoms with van der Waals surface area (Å²) in [4.78, 5) is 47.7. The Morgan fingerprint density at radius 1 is 0.535 bits per heavy atom. The van der Waals surface area contributed by atoms with Crippen LogP contribution in [0.25, 0.3) is 11.1 Å². The zero-order valence-corrected chi connectivity index (χ0v) is 24.0. The molecule has 2 N–H and O–H groups in total. The van der Waals surface area contributed by atoms with E-state index in [1.165, 1.54) is 14.2 Å². The van der Waals surface area contributed by atoms with E-state index in [0.29, 0.717) is 11.4 Å². The first-order valence-electron chi connectivity index (χ1n) is 14.0. The summed E-state index contributed by atoms with van der Waals surface area (Å²) in [5, 5.41) is 5.72. The highest BCUT2D eigenvalue weighted by atomic mass is 16.5. The molecule has 5 rings (SSSR count). The third-order valence-corrected chi connectivity index (χ3v) is 7.72. The molecule has 218 valence electrons. The number of amides is 2. The number of ether oxygens (including phenoxy) is 2. The Morgan fingerprint density at radius 2 is 0.907 bits per heavy atom. The van der Waals surface area contributed by atoms with Gasteiger partial charge in [-0.25, -0.2) is 0 Å². The zero-order valence-electron chi connectivity index (χ0n) is 24.0. The number of carbonyl (C=O) groups is 4. The molecule has 1 aliphatic rings. The van der Waals surface area contributed by atoms with Gasteiger partial charge in [0.05, 0.1) is 32.5 Å². The third kappa shape index (κ3) is 5.90. The van der Waals surface area contributed by atoms with Gasteiger partial charge in [-0.3, -0.25) is 19.2 Å². The van der Waals surface area contributed by atoms with E-state index in [-0.39, 0.29) is 37.5 Å². The van der Waals surface area contributed by atoms with E-state index in [4.69, 9.17) is 0 Å². The van der Waals surface area contributed by atoms with Crippen LogP contribution in [0.4, 0.5) is 11.4 Å². The van der Waals surface area contributed by atoms with Gasteiger partial charge in [-0.05, 0) is 57.6 Å². The molecule has 8 heteroatoms. The Bertz CT molecular complexity index is 1540. The monoisotopic (exact) mass is 576 g/mol. The van der Waals surface area contributed by atoms with E-state index in [1.54, 1.807) is 0 Å². The summed E-state index contributed by atoms with van der Waals surface area (Å²) in [5.74, 6) is -1.40. The van der Waals surface area contributed by atoms with E-state index in [0.717, 1.165) is 33.4 Å². The fourth-order valence-corrected chi connectivity index (χ4v) is 5.71. The molecular formula is C35H32N2O6. The van der Waals surface area contributed by atoms with Gasteiger partial charge in [-0.2, -0.15) is 0 Å². The Labute approximate surface area is 250 Å². The highest BCUT2D eigenvalue weighted by Crippen LogP contribution is 2.56. The lowest BCUT2D eigenvalue weighted by Gasteiger charge is -2.34. The first kappa shape index (κ1) is 29.3. The molecule has 43 heavy (non-hydrogen) atoms. The Hall–Kier alpha value is -5.24. The first-order valence-corrected chi connectivity index (χ1v) is 14.0. The summed E-state index contributed by atoms with van der Waals surface area (Å²) in [6.45, 7) is 0. The lowest BCUT2D eigenvalue weighted by atomic mass is 9.67. The highest BCUT2D eigenvalue weighted by molar-refractivity contribution is 5.94. The average Bonchev–Trinajstić information content (AvgIpc) is 3.34. The minimum Gasteiger partial charge on any atom is -0.469 e. The van der Waals surface area contributed by atoms with Gasteiger partial charge in [-0.15, -0.1) is 0 Å². The Morgan fingerprint density at radius 3 is 1.28 bits per heavy atom. The molecule has 0 radical (unpaired) electrons. The molecule has 4 aromatic carbocycles. The van der Waals surface area contributed by atoms with Crippen LogP contribution in [-0.4, -0.2) is 38.0 Å². The van der Waals surface area contributed by atoms with Crippen molar-refractivity contribution in [2.24, 2.45) is 0 Å². The molecule has 0 saturated heterocycles. The number of esters is 2. The van der Waals surface area contributed by atoms with Crippen LogP contribution in [-0.2, 0) is 34.1 Å². The maximum atomic E-state index is 12.4. The average molecular weight is 577 g/mol. The molecule has 4 aromatic rings. The van der Waals surface area contributed by atoms with Crippen molar-refractivity contribution >= 4 is 35.1 Å². The van der Waals surface area contributed by atoms with Crippen molar-refractivity contribution in [3.8, 4) is 11.1 Å². The summed E-state index contributed by atoms with van der Waals surface area (Å²) < 4.78 is 9.26. The Kier molecular flexibility index (Phi) is 8.66. The number of benzene rings is 4. The van der Waals surface area contributed by atoms with Gasteiger partial charge in [0.25, 0.3) is 0 Å². The molecule has 0 heterocycles. The van der Waals surface area contributed by atoms with E-state index in [9.17, 15) is 19.2 Å². The van der Waals surface area contributed by atoms with E-state index >= 15 is 0 Å². The minimum absolute atomic E-state index is 0.0127. The van der Waals surface area contributed by atoms with Gasteiger partial charge in [0.1, 0.15) is 0 Å². The van der Waals surface area contributed by atoms with Crippen LogP contribution in [0, 0.1) is 0 Å². The normalized spacial score (nSPS) is 12.4. The summed E-state index contributed by atoms with van der Waals surface area (Å²) in [6, 6.07) is 32.2. The van der Waals surface area contributed by atoms with Gasteiger partial charge in [-0.1, -0.05) is 72.8 Å². The van der Waals surface area contributed by atoms with Crippen LogP contribution in [0.5, 0.6) is 0 Å². The largest absolute Gasteiger partial charge is 0.469 e. The second kappa shape index (κ2) is 12.7. The molecule has 0 aromatic heterocycles. The molecule has 1 aliphatic carbocycles. The van der Waals surface area contributed by atoms with Gasteiger partial charge in [0.2, 0.25) is 11.8 Å². The number of anilines is 2. The third-order valence-electron chi connectivity index (χ3n) is 7.72. The van der Waals surface area contributed by atoms with Crippen molar-refractivity contribution < 1.29 is 28.7 Å². The summed E-state index contributed by atoms with van der Waals surface area (Å²) >= 11 is 0. The maximum Gasteiger partial charge on any atom is 0.306 e. The van der Waals surface area contributed by atoms with Crippen molar-refractivity contribution in [1.82, 2.24) is 0 Å². The molecule has 0 fully saturated rings. The molecular weight excluding hydrogens is 544 g/mol.